The van der Waals surface area contributed by atoms with Gasteiger partial charge in [0.1, 0.15) is 13.0 Å². The first-order chi connectivity index (χ1) is 13.0. The Bertz CT molecular complexity index is 939. The molecule has 2 heterocycles. The molecule has 2 N–H and O–H groups in total. The number of hydrogen-bond donors (Lipinski definition) is 2. The molecule has 0 unspecified atom stereocenters. The number of rotatable bonds is 8. The average Bonchev–Trinajstić information content (AvgIpc) is 3.11. The average molecular weight is 385 g/mol. The summed E-state index contributed by atoms with van der Waals surface area (Å²) >= 11 is 0. The fourth-order valence-electron chi connectivity index (χ4n) is 3.24. The number of fused-ring (bicyclic) bond motifs is 1. The molecule has 6 nitrogen and oxygen atoms in total. The lowest BCUT2D eigenvalue weighted by atomic mass is 10.2. The molecule has 1 aromatic carbocycles. The number of anilines is 2. The molecular formula is C20H28N5OP. The highest BCUT2D eigenvalue weighted by Gasteiger charge is 2.22. The third kappa shape index (κ3) is 4.22. The number of nitrogens with zero attached hydrogens (tertiary/aromatic N) is 3. The predicted molar refractivity (Wildman–Crippen MR) is 113 cm³/mol. The highest BCUT2D eigenvalue weighted by atomic mass is 31.2. The molecule has 0 aliphatic heterocycles. The third-order valence-electron chi connectivity index (χ3n) is 4.58. The van der Waals surface area contributed by atoms with Gasteiger partial charge in [-0.1, -0.05) is 27.7 Å². The molecule has 0 atom stereocenters. The molecule has 2 aromatic heterocycles. The van der Waals surface area contributed by atoms with Gasteiger partial charge in [0, 0.05) is 29.2 Å². The van der Waals surface area contributed by atoms with Gasteiger partial charge >= 0.3 is 0 Å². The molecule has 3 aromatic rings. The Balaban J connectivity index is 1.90. The van der Waals surface area contributed by atoms with Crippen LogP contribution in [0.3, 0.4) is 0 Å². The van der Waals surface area contributed by atoms with E-state index in [0.29, 0.717) is 11.3 Å². The standard InChI is InChI=1S/C20H28N5OP/c1-5-11-27(26,12-6-2)16-9-7-15(8-10-16)23-20-17-19(22-13-21-17)24-18(25-20)14(3)4/h7-10,13-14H,5-6,11-12H2,1-4H3,(H2,21,22,23,24,25). The Hall–Kier alpha value is -2.20. The van der Waals surface area contributed by atoms with Crippen LogP contribution < -0.4 is 10.6 Å². The Morgan fingerprint density at radius 3 is 2.33 bits per heavy atom. The van der Waals surface area contributed by atoms with Crippen LogP contribution in [0.4, 0.5) is 11.5 Å². The summed E-state index contributed by atoms with van der Waals surface area (Å²) in [6.45, 7) is 8.31. The van der Waals surface area contributed by atoms with Crippen LogP contribution >= 0.6 is 7.14 Å². The minimum Gasteiger partial charge on any atom is -0.338 e. The van der Waals surface area contributed by atoms with Crippen LogP contribution in [0.5, 0.6) is 0 Å². The van der Waals surface area contributed by atoms with Gasteiger partial charge in [-0.2, -0.15) is 0 Å². The van der Waals surface area contributed by atoms with E-state index in [1.807, 2.05) is 24.3 Å². The minimum absolute atomic E-state index is 0.217. The van der Waals surface area contributed by atoms with Gasteiger partial charge in [0.05, 0.1) is 6.33 Å². The second kappa shape index (κ2) is 8.22. The van der Waals surface area contributed by atoms with Gasteiger partial charge in [-0.3, -0.25) is 0 Å². The number of H-pyrrole nitrogens is 1. The van der Waals surface area contributed by atoms with E-state index in [0.717, 1.165) is 47.6 Å². The van der Waals surface area contributed by atoms with Crippen molar-refractivity contribution in [3.8, 4) is 0 Å². The van der Waals surface area contributed by atoms with E-state index in [4.69, 9.17) is 0 Å². The number of benzene rings is 1. The van der Waals surface area contributed by atoms with Gasteiger partial charge in [0.15, 0.2) is 17.0 Å². The van der Waals surface area contributed by atoms with Crippen LogP contribution in [-0.2, 0) is 4.57 Å². The zero-order valence-electron chi connectivity index (χ0n) is 16.5. The highest BCUT2D eigenvalue weighted by molar-refractivity contribution is 7.71. The summed E-state index contributed by atoms with van der Waals surface area (Å²) in [5, 5.41) is 4.31. The molecule has 0 spiro atoms. The van der Waals surface area contributed by atoms with Crippen molar-refractivity contribution in [2.45, 2.75) is 46.5 Å². The number of aromatic nitrogens is 4. The maximum Gasteiger partial charge on any atom is 0.163 e. The lowest BCUT2D eigenvalue weighted by molar-refractivity contribution is 0.579. The van der Waals surface area contributed by atoms with E-state index in [1.54, 1.807) is 6.33 Å². The molecule has 0 radical (unpaired) electrons. The molecule has 144 valence electrons. The van der Waals surface area contributed by atoms with E-state index >= 15 is 0 Å². The molecule has 0 bridgehead atoms. The Kier molecular flexibility index (Phi) is 5.95. The molecule has 0 saturated heterocycles. The van der Waals surface area contributed by atoms with E-state index < -0.39 is 7.14 Å². The smallest absolute Gasteiger partial charge is 0.163 e. The van der Waals surface area contributed by atoms with Crippen LogP contribution in [0.2, 0.25) is 0 Å². The summed E-state index contributed by atoms with van der Waals surface area (Å²) in [5.74, 6) is 1.67. The fourth-order valence-corrected chi connectivity index (χ4v) is 6.12. The largest absolute Gasteiger partial charge is 0.338 e. The lowest BCUT2D eigenvalue weighted by Crippen LogP contribution is -2.11. The number of aromatic amines is 1. The number of hydrogen-bond acceptors (Lipinski definition) is 5. The van der Waals surface area contributed by atoms with Gasteiger partial charge in [-0.15, -0.1) is 0 Å². The van der Waals surface area contributed by atoms with Gasteiger partial charge in [0.25, 0.3) is 0 Å². The Labute approximate surface area is 160 Å². The van der Waals surface area contributed by atoms with Gasteiger partial charge in [-0.25, -0.2) is 15.0 Å². The van der Waals surface area contributed by atoms with E-state index in [1.165, 1.54) is 0 Å². The first-order valence-corrected chi connectivity index (χ1v) is 11.7. The zero-order valence-corrected chi connectivity index (χ0v) is 17.4. The second-order valence-electron chi connectivity index (χ2n) is 7.19. The fraction of sp³-hybridized carbons (Fsp3) is 0.450. The van der Waals surface area contributed by atoms with Gasteiger partial charge < -0.3 is 14.9 Å². The van der Waals surface area contributed by atoms with Crippen molar-refractivity contribution in [1.29, 1.82) is 0 Å². The summed E-state index contributed by atoms with van der Waals surface area (Å²) in [5.41, 5.74) is 2.34. The Morgan fingerprint density at radius 1 is 1.07 bits per heavy atom. The van der Waals surface area contributed by atoms with Crippen LogP contribution in [0.25, 0.3) is 11.2 Å². The molecular weight excluding hydrogens is 357 g/mol. The van der Waals surface area contributed by atoms with Crippen LogP contribution in [0.1, 0.15) is 52.3 Å². The van der Waals surface area contributed by atoms with Crippen molar-refractivity contribution >= 4 is 35.1 Å². The van der Waals surface area contributed by atoms with Crippen molar-refractivity contribution in [3.05, 3.63) is 36.4 Å². The molecule has 0 aliphatic carbocycles. The van der Waals surface area contributed by atoms with Crippen molar-refractivity contribution in [1.82, 2.24) is 19.9 Å². The summed E-state index contributed by atoms with van der Waals surface area (Å²) in [7, 11) is -2.29. The zero-order chi connectivity index (χ0) is 19.4. The lowest BCUT2D eigenvalue weighted by Gasteiger charge is -2.18. The normalized spacial score (nSPS) is 12.0. The van der Waals surface area contributed by atoms with Gasteiger partial charge in [-0.05, 0) is 37.1 Å². The summed E-state index contributed by atoms with van der Waals surface area (Å²) in [6.07, 6.45) is 5.04. The maximum absolute atomic E-state index is 13.3. The van der Waals surface area contributed by atoms with Crippen molar-refractivity contribution < 1.29 is 4.57 Å². The summed E-state index contributed by atoms with van der Waals surface area (Å²) in [4.78, 5) is 16.5. The third-order valence-corrected chi connectivity index (χ3v) is 8.16. The van der Waals surface area contributed by atoms with Gasteiger partial charge in [0.2, 0.25) is 0 Å². The molecule has 0 fully saturated rings. The first kappa shape index (κ1) is 19.6. The first-order valence-electron chi connectivity index (χ1n) is 9.63. The molecule has 0 saturated carbocycles. The quantitative estimate of drug-likeness (QED) is 0.532. The molecule has 27 heavy (non-hydrogen) atoms. The van der Waals surface area contributed by atoms with E-state index in [2.05, 4.69) is 52.9 Å². The SMILES string of the molecule is CCCP(=O)(CCC)c1ccc(Nc2nc(C(C)C)nc3[nH]cnc23)cc1. The molecule has 0 amide bonds. The predicted octanol–water partition coefficient (Wildman–Crippen LogP) is 5.03. The minimum atomic E-state index is -2.29. The number of nitrogens with one attached hydrogen (secondary N) is 2. The molecule has 3 rings (SSSR count). The van der Waals surface area contributed by atoms with Crippen LogP contribution in [0.15, 0.2) is 30.6 Å². The van der Waals surface area contributed by atoms with Crippen molar-refractivity contribution in [3.63, 3.8) is 0 Å². The second-order valence-corrected chi connectivity index (χ2v) is 10.4. The van der Waals surface area contributed by atoms with Crippen molar-refractivity contribution in [2.24, 2.45) is 0 Å². The number of imidazole rings is 1. The van der Waals surface area contributed by atoms with Crippen molar-refractivity contribution in [2.75, 3.05) is 17.6 Å². The molecule has 0 aliphatic rings. The van der Waals surface area contributed by atoms with Crippen LogP contribution in [-0.4, -0.2) is 32.3 Å². The van der Waals surface area contributed by atoms with Crippen LogP contribution in [0, 0.1) is 0 Å². The molecule has 7 heteroatoms. The Morgan fingerprint density at radius 2 is 1.74 bits per heavy atom. The van der Waals surface area contributed by atoms with E-state index in [9.17, 15) is 4.57 Å². The van der Waals surface area contributed by atoms with E-state index in [-0.39, 0.29) is 5.92 Å². The monoisotopic (exact) mass is 385 g/mol. The topological polar surface area (TPSA) is 83.6 Å². The summed E-state index contributed by atoms with van der Waals surface area (Å²) < 4.78 is 13.3. The highest BCUT2D eigenvalue weighted by Crippen LogP contribution is 2.45. The maximum atomic E-state index is 13.3. The summed E-state index contributed by atoms with van der Waals surface area (Å²) in [6, 6.07) is 7.92.